The second-order valence-corrected chi connectivity index (χ2v) is 9.48. The molecule has 0 saturated carbocycles. The fourth-order valence-corrected chi connectivity index (χ4v) is 4.56. The van der Waals surface area contributed by atoms with Gasteiger partial charge in [0.05, 0.1) is 42.6 Å². The van der Waals surface area contributed by atoms with Gasteiger partial charge in [0.15, 0.2) is 35.8 Å². The average molecular weight is 646 g/mol. The van der Waals surface area contributed by atoms with E-state index in [1.165, 1.54) is 13.3 Å². The Hall–Kier alpha value is -4.48. The molecule has 0 aliphatic carbocycles. The fourth-order valence-electron chi connectivity index (χ4n) is 3.99. The van der Waals surface area contributed by atoms with Crippen LogP contribution in [-0.2, 0) is 9.53 Å². The molecule has 4 N–H and O–H groups in total. The SMILES string of the molecule is CCOc1cc([C@H]2NC(=O)NC(C)=C2C(=O)OC)ccc1OC[C@H](O)N/N=C\c1cc(Br)c(OCC#N)c(OCC)c1. The number of hydrogen-bond donors (Lipinski definition) is 4. The Morgan fingerprint density at radius 1 is 1.17 bits per heavy atom. The first kappa shape index (κ1) is 32.0. The molecule has 14 heteroatoms. The molecule has 2 aromatic rings. The number of amides is 2. The van der Waals surface area contributed by atoms with Gasteiger partial charge in [0.25, 0.3) is 0 Å². The van der Waals surface area contributed by atoms with Gasteiger partial charge in [0.1, 0.15) is 12.7 Å². The molecule has 2 atom stereocenters. The maximum atomic E-state index is 12.4. The highest BCUT2D eigenvalue weighted by Crippen LogP contribution is 2.37. The minimum atomic E-state index is -1.18. The number of allylic oxidation sites excluding steroid dienone is 1. The summed E-state index contributed by atoms with van der Waals surface area (Å²) in [4.78, 5) is 24.5. The van der Waals surface area contributed by atoms with E-state index in [0.717, 1.165) is 0 Å². The van der Waals surface area contributed by atoms with Crippen molar-refractivity contribution < 1.29 is 38.4 Å². The number of nitrogens with one attached hydrogen (secondary N) is 3. The number of nitrogens with zero attached hydrogens (tertiary/aromatic N) is 2. The number of aliphatic hydroxyl groups is 1. The summed E-state index contributed by atoms with van der Waals surface area (Å²) in [6, 6.07) is 9.07. The fraction of sp³-hybridized carbons (Fsp3) is 0.357. The molecule has 0 radical (unpaired) electrons. The zero-order chi connectivity index (χ0) is 30.6. The Kier molecular flexibility index (Phi) is 11.8. The number of methoxy groups -OCH3 is 1. The molecule has 0 saturated heterocycles. The van der Waals surface area contributed by atoms with Crippen LogP contribution in [0.1, 0.15) is 37.9 Å². The number of nitriles is 1. The molecule has 13 nitrogen and oxygen atoms in total. The molecule has 0 fully saturated rings. The average Bonchev–Trinajstić information content (AvgIpc) is 2.95. The zero-order valence-corrected chi connectivity index (χ0v) is 25.1. The quantitative estimate of drug-likeness (QED) is 0.103. The molecule has 224 valence electrons. The Bertz CT molecular complexity index is 1390. The third-order valence-corrected chi connectivity index (χ3v) is 6.31. The van der Waals surface area contributed by atoms with E-state index in [0.29, 0.717) is 57.5 Å². The maximum absolute atomic E-state index is 12.4. The predicted octanol–water partition coefficient (Wildman–Crippen LogP) is 3.27. The van der Waals surface area contributed by atoms with Gasteiger partial charge in [-0.1, -0.05) is 6.07 Å². The maximum Gasteiger partial charge on any atom is 0.337 e. The summed E-state index contributed by atoms with van der Waals surface area (Å²) >= 11 is 3.41. The van der Waals surface area contributed by atoms with Gasteiger partial charge < -0.3 is 39.4 Å². The zero-order valence-electron chi connectivity index (χ0n) is 23.5. The smallest absolute Gasteiger partial charge is 0.337 e. The molecule has 0 bridgehead atoms. The van der Waals surface area contributed by atoms with E-state index >= 15 is 0 Å². The number of urea groups is 1. The Balaban J connectivity index is 1.69. The van der Waals surface area contributed by atoms with Crippen LogP contribution < -0.4 is 35.0 Å². The normalized spacial score (nSPS) is 15.3. The number of halogens is 1. The highest BCUT2D eigenvalue weighted by atomic mass is 79.9. The van der Waals surface area contributed by atoms with Gasteiger partial charge in [-0.3, -0.25) is 5.43 Å². The highest BCUT2D eigenvalue weighted by molar-refractivity contribution is 9.10. The summed E-state index contributed by atoms with van der Waals surface area (Å²) in [5.74, 6) is 0.954. The lowest BCUT2D eigenvalue weighted by atomic mass is 9.95. The molecule has 3 rings (SSSR count). The Morgan fingerprint density at radius 3 is 2.60 bits per heavy atom. The lowest BCUT2D eigenvalue weighted by Crippen LogP contribution is -2.45. The largest absolute Gasteiger partial charge is 0.490 e. The summed E-state index contributed by atoms with van der Waals surface area (Å²) in [7, 11) is 1.27. The molecule has 0 aromatic heterocycles. The number of rotatable bonds is 14. The number of hydrazone groups is 1. The minimum Gasteiger partial charge on any atom is -0.490 e. The van der Waals surface area contributed by atoms with Crippen LogP contribution in [0.15, 0.2) is 51.2 Å². The Morgan fingerprint density at radius 2 is 1.90 bits per heavy atom. The van der Waals surface area contributed by atoms with E-state index in [1.807, 2.05) is 13.0 Å². The van der Waals surface area contributed by atoms with E-state index in [2.05, 4.69) is 37.1 Å². The first-order valence-corrected chi connectivity index (χ1v) is 13.7. The van der Waals surface area contributed by atoms with E-state index in [4.69, 9.17) is 28.9 Å². The molecule has 2 aromatic carbocycles. The summed E-state index contributed by atoms with van der Waals surface area (Å²) in [6.45, 7) is 5.65. The van der Waals surface area contributed by atoms with Gasteiger partial charge in [-0.25, -0.2) is 9.59 Å². The van der Waals surface area contributed by atoms with Crippen molar-refractivity contribution in [1.29, 1.82) is 5.26 Å². The molecule has 42 heavy (non-hydrogen) atoms. The Labute approximate surface area is 251 Å². The molecule has 2 amide bonds. The first-order valence-electron chi connectivity index (χ1n) is 12.9. The van der Waals surface area contributed by atoms with E-state index in [9.17, 15) is 14.7 Å². The number of esters is 1. The van der Waals surface area contributed by atoms with E-state index < -0.39 is 24.3 Å². The van der Waals surface area contributed by atoms with Crippen LogP contribution in [0.4, 0.5) is 4.79 Å². The van der Waals surface area contributed by atoms with Gasteiger partial charge in [-0.05, 0) is 72.1 Å². The van der Waals surface area contributed by atoms with Crippen molar-refractivity contribution in [1.82, 2.24) is 16.1 Å². The lowest BCUT2D eigenvalue weighted by Gasteiger charge is -2.28. The van der Waals surface area contributed by atoms with Gasteiger partial charge in [0, 0.05) is 5.70 Å². The van der Waals surface area contributed by atoms with Crippen molar-refractivity contribution in [3.63, 3.8) is 0 Å². The molecular formula is C28H32BrN5O8. The van der Waals surface area contributed by atoms with Crippen LogP contribution in [-0.4, -0.2) is 63.1 Å². The molecular weight excluding hydrogens is 614 g/mol. The van der Waals surface area contributed by atoms with Crippen LogP contribution in [0, 0.1) is 11.3 Å². The van der Waals surface area contributed by atoms with Crippen LogP contribution >= 0.6 is 15.9 Å². The standard InChI is InChI=1S/C28H32BrN5O8/c1-5-39-21-13-18(25-24(27(36)38-4)16(3)32-28(37)33-25)7-8-20(21)42-15-23(35)34-31-14-17-11-19(29)26(41-10-9-30)22(12-17)40-6-2/h7-8,11-14,23,25,34-35H,5-6,10,15H2,1-4H3,(H2,32,33,37)/b31-14-/t23-,25+/m0/s1. The predicted molar refractivity (Wildman–Crippen MR) is 155 cm³/mol. The van der Waals surface area contributed by atoms with E-state index in [1.54, 1.807) is 44.2 Å². The van der Waals surface area contributed by atoms with Crippen molar-refractivity contribution in [3.8, 4) is 29.1 Å². The molecule has 0 spiro atoms. The summed E-state index contributed by atoms with van der Waals surface area (Å²) < 4.78 is 28.0. The van der Waals surface area contributed by atoms with Crippen LogP contribution in [0.5, 0.6) is 23.0 Å². The van der Waals surface area contributed by atoms with Crippen molar-refractivity contribution in [3.05, 3.63) is 57.2 Å². The van der Waals surface area contributed by atoms with Gasteiger partial charge in [0.2, 0.25) is 0 Å². The number of carbonyl (C=O) groups is 2. The lowest BCUT2D eigenvalue weighted by molar-refractivity contribution is -0.136. The third-order valence-electron chi connectivity index (χ3n) is 5.72. The number of carbonyl (C=O) groups excluding carboxylic acids is 2. The second kappa shape index (κ2) is 15.5. The van der Waals surface area contributed by atoms with Gasteiger partial charge in [-0.15, -0.1) is 0 Å². The number of hydrogen-bond acceptors (Lipinski definition) is 11. The summed E-state index contributed by atoms with van der Waals surface area (Å²) in [5.41, 5.74) is 4.45. The highest BCUT2D eigenvalue weighted by Gasteiger charge is 2.32. The second-order valence-electron chi connectivity index (χ2n) is 8.62. The molecule has 1 aliphatic heterocycles. The third kappa shape index (κ3) is 8.27. The summed E-state index contributed by atoms with van der Waals surface area (Å²) in [5, 5.41) is 28.6. The van der Waals surface area contributed by atoms with E-state index in [-0.39, 0.29) is 18.8 Å². The van der Waals surface area contributed by atoms with Crippen LogP contribution in [0.2, 0.25) is 0 Å². The number of benzene rings is 2. The number of ether oxygens (including phenoxy) is 5. The van der Waals surface area contributed by atoms with Crippen molar-refractivity contribution >= 4 is 34.1 Å². The van der Waals surface area contributed by atoms with Gasteiger partial charge >= 0.3 is 12.0 Å². The van der Waals surface area contributed by atoms with Crippen LogP contribution in [0.3, 0.4) is 0 Å². The minimum absolute atomic E-state index is 0.131. The monoisotopic (exact) mass is 645 g/mol. The number of aliphatic hydroxyl groups excluding tert-OH is 1. The first-order chi connectivity index (χ1) is 20.2. The molecule has 1 aliphatic rings. The van der Waals surface area contributed by atoms with Crippen molar-refractivity contribution in [2.24, 2.45) is 5.10 Å². The topological polar surface area (TPSA) is 173 Å². The summed E-state index contributed by atoms with van der Waals surface area (Å²) in [6.07, 6.45) is 0.302. The van der Waals surface area contributed by atoms with Crippen molar-refractivity contribution in [2.75, 3.05) is 33.5 Å². The van der Waals surface area contributed by atoms with Gasteiger partial charge in [-0.2, -0.15) is 10.4 Å². The molecule has 0 unspecified atom stereocenters. The molecule has 1 heterocycles. The van der Waals surface area contributed by atoms with Crippen molar-refractivity contribution in [2.45, 2.75) is 33.0 Å². The van der Waals surface area contributed by atoms with Crippen LogP contribution in [0.25, 0.3) is 0 Å².